The summed E-state index contributed by atoms with van der Waals surface area (Å²) in [5, 5.41) is 0. The number of hydrogen-bond donors (Lipinski definition) is 0. The highest BCUT2D eigenvalue weighted by molar-refractivity contribution is 5.98. The first-order chi connectivity index (χ1) is 9.31. The van der Waals surface area contributed by atoms with E-state index in [-0.39, 0.29) is 6.61 Å². The van der Waals surface area contributed by atoms with Crippen molar-refractivity contribution in [1.82, 2.24) is 0 Å². The Kier molecular flexibility index (Phi) is 8.49. The molecule has 0 aliphatic heterocycles. The molecule has 0 spiro atoms. The molecule has 20 heavy (non-hydrogen) atoms. The topological polar surface area (TPSA) is 88.1 Å². The molecule has 0 rings (SSSR count). The quantitative estimate of drug-likeness (QED) is 0.253. The van der Waals surface area contributed by atoms with Crippen LogP contribution in [0.3, 0.4) is 0 Å². The van der Waals surface area contributed by atoms with Gasteiger partial charge in [0.05, 0.1) is 0 Å². The predicted octanol–water partition coefficient (Wildman–Crippen LogP) is -0.735. The van der Waals surface area contributed by atoms with Gasteiger partial charge in [-0.2, -0.15) is 0 Å². The third-order valence-corrected chi connectivity index (χ3v) is 2.81. The van der Waals surface area contributed by atoms with Crippen LogP contribution in [-0.4, -0.2) is 53.3 Å². The van der Waals surface area contributed by atoms with Gasteiger partial charge < -0.3 is 18.6 Å². The Labute approximate surface area is 120 Å². The molecule has 0 aliphatic rings. The van der Waals surface area contributed by atoms with Crippen LogP contribution in [-0.2, 0) is 33.0 Å². The molecule has 0 fully saturated rings. The van der Waals surface area contributed by atoms with Gasteiger partial charge >= 0.3 is 17.9 Å². The van der Waals surface area contributed by atoms with Gasteiger partial charge in [-0.15, -0.1) is 6.58 Å². The van der Waals surface area contributed by atoms with Crippen molar-refractivity contribution in [3.05, 3.63) is 12.7 Å². The van der Waals surface area contributed by atoms with Crippen LogP contribution < -0.4 is 0 Å². The molecular formula is C12H20O7Si. The molecule has 0 aromatic rings. The zero-order valence-corrected chi connectivity index (χ0v) is 14.1. The minimum atomic E-state index is -0.961. The number of carbonyl (C=O) groups excluding carboxylic acids is 3. The van der Waals surface area contributed by atoms with E-state index in [1.165, 1.54) is 26.8 Å². The average molecular weight is 304 g/mol. The maximum absolute atomic E-state index is 11.2. The average Bonchev–Trinajstić information content (AvgIpc) is 2.33. The lowest BCUT2D eigenvalue weighted by atomic mass is 10.1. The van der Waals surface area contributed by atoms with E-state index in [2.05, 4.69) is 6.58 Å². The Morgan fingerprint density at radius 3 is 2.00 bits per heavy atom. The SMILES string of the molecule is C=CC(O[SiH3])C(OC(C)=O)C(COC(C)=O)OC(C)=O. The molecular weight excluding hydrogens is 284 g/mol. The number of hydrogen-bond acceptors (Lipinski definition) is 7. The minimum absolute atomic E-state index is 0.234. The molecule has 3 atom stereocenters. The smallest absolute Gasteiger partial charge is 0.303 e. The van der Waals surface area contributed by atoms with Gasteiger partial charge in [0.25, 0.3) is 0 Å². The Morgan fingerprint density at radius 2 is 1.65 bits per heavy atom. The van der Waals surface area contributed by atoms with Gasteiger partial charge in [0.2, 0.25) is 0 Å². The van der Waals surface area contributed by atoms with Gasteiger partial charge in [-0.25, -0.2) is 0 Å². The van der Waals surface area contributed by atoms with E-state index in [0.717, 1.165) is 0 Å². The first kappa shape index (κ1) is 18.3. The molecule has 0 saturated carbocycles. The van der Waals surface area contributed by atoms with Gasteiger partial charge in [-0.05, 0) is 0 Å². The van der Waals surface area contributed by atoms with E-state index >= 15 is 0 Å². The lowest BCUT2D eigenvalue weighted by molar-refractivity contribution is -0.178. The van der Waals surface area contributed by atoms with E-state index in [1.807, 2.05) is 0 Å². The summed E-state index contributed by atoms with van der Waals surface area (Å²) < 4.78 is 20.2. The molecule has 0 aliphatic carbocycles. The van der Waals surface area contributed by atoms with Crippen molar-refractivity contribution < 1.29 is 33.0 Å². The van der Waals surface area contributed by atoms with Gasteiger partial charge in [0, 0.05) is 20.8 Å². The van der Waals surface area contributed by atoms with Gasteiger partial charge in [-0.3, -0.25) is 14.4 Å². The number of carbonyl (C=O) groups is 3. The summed E-state index contributed by atoms with van der Waals surface area (Å²) in [6.45, 7) is 6.99. The highest BCUT2D eigenvalue weighted by atomic mass is 28.2. The van der Waals surface area contributed by atoms with Crippen molar-refractivity contribution in [2.75, 3.05) is 6.61 Å². The van der Waals surface area contributed by atoms with Crippen molar-refractivity contribution in [1.29, 1.82) is 0 Å². The van der Waals surface area contributed by atoms with E-state index < -0.39 is 36.2 Å². The third kappa shape index (κ3) is 7.05. The molecule has 0 amide bonds. The summed E-state index contributed by atoms with van der Waals surface area (Å²) >= 11 is 0. The Balaban J connectivity index is 5.12. The molecule has 0 saturated heterocycles. The Bertz CT molecular complexity index is 369. The van der Waals surface area contributed by atoms with Crippen LogP contribution in [0.25, 0.3) is 0 Å². The minimum Gasteiger partial charge on any atom is -0.462 e. The zero-order valence-electron chi connectivity index (χ0n) is 12.1. The normalized spacial score (nSPS) is 14.8. The Morgan fingerprint density at radius 1 is 1.10 bits per heavy atom. The van der Waals surface area contributed by atoms with Crippen molar-refractivity contribution in [3.8, 4) is 0 Å². The maximum Gasteiger partial charge on any atom is 0.303 e. The molecule has 7 nitrogen and oxygen atoms in total. The van der Waals surface area contributed by atoms with Crippen LogP contribution >= 0.6 is 0 Å². The van der Waals surface area contributed by atoms with E-state index in [4.69, 9.17) is 18.6 Å². The molecule has 0 radical (unpaired) electrons. The van der Waals surface area contributed by atoms with Crippen molar-refractivity contribution in [3.63, 3.8) is 0 Å². The van der Waals surface area contributed by atoms with E-state index in [9.17, 15) is 14.4 Å². The molecule has 0 heterocycles. The lowest BCUT2D eigenvalue weighted by Crippen LogP contribution is -2.46. The molecule has 114 valence electrons. The summed E-state index contributed by atoms with van der Waals surface area (Å²) in [5.41, 5.74) is 0. The summed E-state index contributed by atoms with van der Waals surface area (Å²) in [5.74, 6) is -1.69. The van der Waals surface area contributed by atoms with E-state index in [0.29, 0.717) is 10.5 Å². The highest BCUT2D eigenvalue weighted by Gasteiger charge is 2.34. The molecule has 0 aromatic carbocycles. The van der Waals surface area contributed by atoms with Crippen molar-refractivity contribution in [2.45, 2.75) is 39.1 Å². The van der Waals surface area contributed by atoms with Gasteiger partial charge in [0.1, 0.15) is 23.2 Å². The first-order valence-corrected chi connectivity index (χ1v) is 6.76. The van der Waals surface area contributed by atoms with Crippen LogP contribution in [0.5, 0.6) is 0 Å². The number of esters is 3. The Hall–Kier alpha value is -1.67. The van der Waals surface area contributed by atoms with Crippen molar-refractivity contribution >= 4 is 28.4 Å². The monoisotopic (exact) mass is 304 g/mol. The number of rotatable bonds is 8. The summed E-state index contributed by atoms with van der Waals surface area (Å²) in [6.07, 6.45) is -1.10. The van der Waals surface area contributed by atoms with Crippen LogP contribution in [0.4, 0.5) is 0 Å². The fraction of sp³-hybridized carbons (Fsp3) is 0.583. The maximum atomic E-state index is 11.2. The summed E-state index contributed by atoms with van der Waals surface area (Å²) in [6, 6.07) is 0. The highest BCUT2D eigenvalue weighted by Crippen LogP contribution is 2.14. The predicted molar refractivity (Wildman–Crippen MR) is 72.8 cm³/mol. The van der Waals surface area contributed by atoms with Crippen LogP contribution in [0.1, 0.15) is 20.8 Å². The molecule has 0 bridgehead atoms. The van der Waals surface area contributed by atoms with Crippen LogP contribution in [0, 0.1) is 0 Å². The van der Waals surface area contributed by atoms with Crippen LogP contribution in [0.2, 0.25) is 0 Å². The molecule has 0 N–H and O–H groups in total. The van der Waals surface area contributed by atoms with Crippen LogP contribution in [0.15, 0.2) is 12.7 Å². The van der Waals surface area contributed by atoms with E-state index in [1.54, 1.807) is 0 Å². The second-order valence-corrected chi connectivity index (χ2v) is 4.43. The van der Waals surface area contributed by atoms with Gasteiger partial charge in [0.15, 0.2) is 12.2 Å². The summed E-state index contributed by atoms with van der Waals surface area (Å²) in [4.78, 5) is 33.2. The second-order valence-electron chi connectivity index (χ2n) is 3.96. The number of ether oxygens (including phenoxy) is 3. The molecule has 3 unspecified atom stereocenters. The largest absolute Gasteiger partial charge is 0.462 e. The zero-order chi connectivity index (χ0) is 15.7. The third-order valence-electron chi connectivity index (χ3n) is 2.26. The summed E-state index contributed by atoms with van der Waals surface area (Å²) in [7, 11) is 0.365. The second kappa shape index (κ2) is 9.27. The standard InChI is InChI=1S/C12H20O7Si/c1-5-10(19-20)12(18-9(4)15)11(17-8(3)14)6-16-7(2)13/h5,10-12H,1,6H2,2-4,20H3. The lowest BCUT2D eigenvalue weighted by Gasteiger charge is -2.30. The fourth-order valence-corrected chi connectivity index (χ4v) is 1.98. The molecule has 0 aromatic heterocycles. The van der Waals surface area contributed by atoms with Gasteiger partial charge in [-0.1, -0.05) is 6.08 Å². The first-order valence-electron chi connectivity index (χ1n) is 5.95. The fourth-order valence-electron chi connectivity index (χ4n) is 1.52. The molecule has 8 heteroatoms. The van der Waals surface area contributed by atoms with Crippen molar-refractivity contribution in [2.24, 2.45) is 0 Å².